The smallest absolute Gasteiger partial charge is 0.339 e. The standard InChI is InChI=1S/C27H33N3O4S2/c1-6-7-11-21-18-30(20-12-9-8-10-13-20)24-16-25(35-5)22(15-26(24)36(32,33)29(21)3)23-14-19(17-28(23)2)27(31)34-4/h8-10,12-17,21H,6-7,11,18H2,1-5H3. The molecule has 192 valence electrons. The van der Waals surface area contributed by atoms with E-state index >= 15 is 0 Å². The number of methoxy groups -OCH3 is 1. The lowest BCUT2D eigenvalue weighted by Gasteiger charge is -2.29. The third kappa shape index (κ3) is 4.79. The van der Waals surface area contributed by atoms with Crippen molar-refractivity contribution in [2.24, 2.45) is 7.05 Å². The minimum absolute atomic E-state index is 0.162. The van der Waals surface area contributed by atoms with Crippen molar-refractivity contribution in [3.8, 4) is 11.3 Å². The van der Waals surface area contributed by atoms with E-state index in [0.717, 1.165) is 41.1 Å². The van der Waals surface area contributed by atoms with E-state index in [0.29, 0.717) is 17.8 Å². The third-order valence-electron chi connectivity index (χ3n) is 6.80. The van der Waals surface area contributed by atoms with Crippen LogP contribution in [0.15, 0.2) is 64.5 Å². The van der Waals surface area contributed by atoms with E-state index in [2.05, 4.69) is 11.8 Å². The first-order valence-electron chi connectivity index (χ1n) is 12.0. The number of fused-ring (bicyclic) bond motifs is 1. The first kappa shape index (κ1) is 26.3. The monoisotopic (exact) mass is 527 g/mol. The molecule has 0 amide bonds. The molecule has 9 heteroatoms. The molecule has 7 nitrogen and oxygen atoms in total. The number of carbonyl (C=O) groups is 1. The van der Waals surface area contributed by atoms with Crippen molar-refractivity contribution in [3.05, 3.63) is 60.3 Å². The number of aromatic nitrogens is 1. The number of unbranched alkanes of at least 4 members (excludes halogenated alkanes) is 1. The van der Waals surface area contributed by atoms with Crippen molar-refractivity contribution in [3.63, 3.8) is 0 Å². The Hall–Kier alpha value is -2.75. The van der Waals surface area contributed by atoms with Crippen molar-refractivity contribution in [1.29, 1.82) is 0 Å². The van der Waals surface area contributed by atoms with Gasteiger partial charge >= 0.3 is 5.97 Å². The highest BCUT2D eigenvalue weighted by Crippen LogP contribution is 2.44. The van der Waals surface area contributed by atoms with Gasteiger partial charge in [0.1, 0.15) is 4.90 Å². The molecule has 0 spiro atoms. The van der Waals surface area contributed by atoms with Crippen molar-refractivity contribution < 1.29 is 17.9 Å². The van der Waals surface area contributed by atoms with Crippen LogP contribution in [0, 0.1) is 0 Å². The fraction of sp³-hybridized carbons (Fsp3) is 0.370. The summed E-state index contributed by atoms with van der Waals surface area (Å²) in [4.78, 5) is 15.5. The Morgan fingerprint density at radius 1 is 1.14 bits per heavy atom. The number of aryl methyl sites for hydroxylation is 1. The number of nitrogens with zero attached hydrogens (tertiary/aromatic N) is 3. The Balaban J connectivity index is 1.96. The molecule has 0 saturated carbocycles. The molecule has 0 saturated heterocycles. The van der Waals surface area contributed by atoms with Crippen LogP contribution in [0.1, 0.15) is 36.5 Å². The quantitative estimate of drug-likeness (QED) is 0.297. The summed E-state index contributed by atoms with van der Waals surface area (Å²) in [5, 5.41) is 0. The number of anilines is 2. The van der Waals surface area contributed by atoms with Crippen molar-refractivity contribution in [2.45, 2.75) is 42.0 Å². The van der Waals surface area contributed by atoms with Crippen LogP contribution >= 0.6 is 11.8 Å². The molecule has 3 aromatic rings. The highest BCUT2D eigenvalue weighted by molar-refractivity contribution is 7.98. The lowest BCUT2D eigenvalue weighted by molar-refractivity contribution is 0.0600. The summed E-state index contributed by atoms with van der Waals surface area (Å²) in [5.41, 5.74) is 3.55. The Morgan fingerprint density at radius 3 is 2.50 bits per heavy atom. The number of benzene rings is 2. The zero-order valence-electron chi connectivity index (χ0n) is 21.4. The van der Waals surface area contributed by atoms with Crippen LogP contribution < -0.4 is 4.90 Å². The van der Waals surface area contributed by atoms with Gasteiger partial charge in [-0.15, -0.1) is 11.8 Å². The zero-order valence-corrected chi connectivity index (χ0v) is 23.0. The lowest BCUT2D eigenvalue weighted by atomic mass is 10.1. The normalized spacial score (nSPS) is 17.5. The molecule has 0 fully saturated rings. The van der Waals surface area contributed by atoms with Gasteiger partial charge in [0.2, 0.25) is 10.0 Å². The number of likely N-dealkylation sites (N-methyl/N-ethyl adjacent to an activating group) is 1. The second-order valence-corrected chi connectivity index (χ2v) is 11.8. The van der Waals surface area contributed by atoms with Crippen LogP contribution in [-0.2, 0) is 21.8 Å². The summed E-state index contributed by atoms with van der Waals surface area (Å²) >= 11 is 1.55. The topological polar surface area (TPSA) is 71.8 Å². The number of sulfonamides is 1. The summed E-state index contributed by atoms with van der Waals surface area (Å²) in [7, 11) is 1.10. The Morgan fingerprint density at radius 2 is 1.86 bits per heavy atom. The molecule has 4 rings (SSSR count). The van der Waals surface area contributed by atoms with Crippen molar-refractivity contribution >= 4 is 39.1 Å². The first-order chi connectivity index (χ1) is 17.2. The predicted octanol–water partition coefficient (Wildman–Crippen LogP) is 5.53. The van der Waals surface area contributed by atoms with Crippen molar-refractivity contribution in [1.82, 2.24) is 8.87 Å². The number of rotatable bonds is 7. The maximum atomic E-state index is 14.0. The van der Waals surface area contributed by atoms with E-state index in [1.807, 2.05) is 54.3 Å². The minimum atomic E-state index is -3.78. The van der Waals surface area contributed by atoms with E-state index < -0.39 is 16.0 Å². The average Bonchev–Trinajstić information content (AvgIpc) is 3.25. The van der Waals surface area contributed by atoms with E-state index in [1.54, 1.807) is 37.1 Å². The highest BCUT2D eigenvalue weighted by atomic mass is 32.2. The molecule has 2 aromatic carbocycles. The summed E-state index contributed by atoms with van der Waals surface area (Å²) in [5.74, 6) is -0.432. The van der Waals surface area contributed by atoms with Gasteiger partial charge in [0, 0.05) is 54.7 Å². The number of para-hydroxylation sites is 1. The fourth-order valence-corrected chi connectivity index (χ4v) is 6.93. The number of hydrogen-bond donors (Lipinski definition) is 0. The summed E-state index contributed by atoms with van der Waals surface area (Å²) in [6.45, 7) is 2.69. The molecule has 0 N–H and O–H groups in total. The molecule has 0 aliphatic carbocycles. The number of esters is 1. The Labute approximate surface area is 218 Å². The second-order valence-electron chi connectivity index (χ2n) is 9.00. The summed E-state index contributed by atoms with van der Waals surface area (Å²) in [6, 6.07) is 15.3. The molecule has 1 aliphatic rings. The first-order valence-corrected chi connectivity index (χ1v) is 14.7. The van der Waals surface area contributed by atoms with Crippen LogP contribution in [-0.4, -0.2) is 56.3 Å². The number of ether oxygens (including phenoxy) is 1. The fourth-order valence-electron chi connectivity index (χ4n) is 4.74. The van der Waals surface area contributed by atoms with Gasteiger partial charge in [-0.3, -0.25) is 0 Å². The Kier molecular flexibility index (Phi) is 7.82. The number of carbonyl (C=O) groups excluding carboxylic acids is 1. The molecule has 1 atom stereocenters. The van der Waals surface area contributed by atoms with Crippen LogP contribution in [0.4, 0.5) is 11.4 Å². The number of hydrogen-bond acceptors (Lipinski definition) is 6. The molecule has 0 radical (unpaired) electrons. The van der Waals surface area contributed by atoms with Gasteiger partial charge in [0.15, 0.2) is 0 Å². The maximum absolute atomic E-state index is 14.0. The molecular weight excluding hydrogens is 494 g/mol. The minimum Gasteiger partial charge on any atom is -0.465 e. The van der Waals surface area contributed by atoms with Gasteiger partial charge in [0.05, 0.1) is 18.4 Å². The zero-order chi connectivity index (χ0) is 26.0. The van der Waals surface area contributed by atoms with Gasteiger partial charge in [0.25, 0.3) is 0 Å². The second kappa shape index (κ2) is 10.7. The van der Waals surface area contributed by atoms with Crippen molar-refractivity contribution in [2.75, 3.05) is 31.9 Å². The molecule has 36 heavy (non-hydrogen) atoms. The van der Waals surface area contributed by atoms with E-state index in [9.17, 15) is 13.2 Å². The summed E-state index contributed by atoms with van der Waals surface area (Å²) in [6.07, 6.45) is 6.41. The number of thioether (sulfide) groups is 1. The van der Waals surface area contributed by atoms with Gasteiger partial charge in [-0.25, -0.2) is 13.2 Å². The molecule has 0 bridgehead atoms. The maximum Gasteiger partial charge on any atom is 0.339 e. The van der Waals surface area contributed by atoms with Crippen LogP contribution in [0.25, 0.3) is 11.3 Å². The summed E-state index contributed by atoms with van der Waals surface area (Å²) < 4.78 is 36.3. The average molecular weight is 528 g/mol. The van der Waals surface area contributed by atoms with E-state index in [-0.39, 0.29) is 10.9 Å². The van der Waals surface area contributed by atoms with E-state index in [1.165, 1.54) is 11.4 Å². The molecule has 1 aromatic heterocycles. The van der Waals surface area contributed by atoms with Crippen LogP contribution in [0.2, 0.25) is 0 Å². The van der Waals surface area contributed by atoms with Gasteiger partial charge in [-0.1, -0.05) is 38.0 Å². The van der Waals surface area contributed by atoms with Crippen LogP contribution in [0.5, 0.6) is 0 Å². The molecular formula is C27H33N3O4S2. The van der Waals surface area contributed by atoms with Crippen LogP contribution in [0.3, 0.4) is 0 Å². The third-order valence-corrected chi connectivity index (χ3v) is 9.51. The predicted molar refractivity (Wildman–Crippen MR) is 146 cm³/mol. The molecule has 1 aliphatic heterocycles. The Bertz CT molecular complexity index is 1350. The van der Waals surface area contributed by atoms with E-state index in [4.69, 9.17) is 4.74 Å². The largest absolute Gasteiger partial charge is 0.465 e. The van der Waals surface area contributed by atoms with Gasteiger partial charge < -0.3 is 14.2 Å². The lowest BCUT2D eigenvalue weighted by Crippen LogP contribution is -2.40. The highest BCUT2D eigenvalue weighted by Gasteiger charge is 2.37. The van der Waals surface area contributed by atoms with Gasteiger partial charge in [-0.05, 0) is 43.0 Å². The SMILES string of the molecule is CCCCC1CN(c2ccccc2)c2cc(SC)c(-c3cc(C(=O)OC)cn3C)cc2S(=O)(=O)N1C. The molecule has 2 heterocycles. The molecule has 1 unspecified atom stereocenters. The van der Waals surface area contributed by atoms with Gasteiger partial charge in [-0.2, -0.15) is 4.31 Å².